The molecule has 2 aromatic heterocycles. The third kappa shape index (κ3) is 1.60. The Kier molecular flexibility index (Phi) is 2.92. The summed E-state index contributed by atoms with van der Waals surface area (Å²) in [6.45, 7) is 0.559. The molecule has 0 saturated carbocycles. The van der Waals surface area contributed by atoms with Crippen molar-refractivity contribution < 1.29 is 0 Å². The number of nitrogens with zero attached hydrogens (tertiary/aromatic N) is 3. The lowest BCUT2D eigenvalue weighted by Gasteiger charge is -2.05. The third-order valence-corrected chi connectivity index (χ3v) is 3.55. The Morgan fingerprint density at radius 3 is 2.62 bits per heavy atom. The van der Waals surface area contributed by atoms with Gasteiger partial charge in [0.2, 0.25) is 0 Å². The van der Waals surface area contributed by atoms with Crippen LogP contribution >= 0.6 is 24.4 Å². The molecule has 0 unspecified atom stereocenters. The van der Waals surface area contributed by atoms with Gasteiger partial charge in [0.1, 0.15) is 16.0 Å². The lowest BCUT2D eigenvalue weighted by Crippen LogP contribution is -2.05. The molecule has 5 nitrogen and oxygen atoms in total. The van der Waals surface area contributed by atoms with Gasteiger partial charge in [-0.25, -0.2) is 4.98 Å². The molecule has 0 saturated heterocycles. The van der Waals surface area contributed by atoms with Crippen molar-refractivity contribution in [3.63, 3.8) is 0 Å². The third-order valence-electron chi connectivity index (χ3n) is 2.52. The van der Waals surface area contributed by atoms with Crippen molar-refractivity contribution in [3.8, 4) is 0 Å². The molecule has 2 aromatic rings. The molecule has 0 aliphatic rings. The van der Waals surface area contributed by atoms with Gasteiger partial charge >= 0.3 is 0 Å². The highest BCUT2D eigenvalue weighted by molar-refractivity contribution is 7.72. The summed E-state index contributed by atoms with van der Waals surface area (Å²) in [6.07, 6.45) is 0.708. The van der Waals surface area contributed by atoms with Gasteiger partial charge in [0.25, 0.3) is 0 Å². The minimum absolute atomic E-state index is 0.559. The standard InChI is InChI=1S/C9H13N5S2/c1-13-7-6(8(15)14(2)9(13)16)11-5(12-7)3-4-10/h3-4,10H2,1-2H3,(H,11,12). The number of H-pyrrole nitrogens is 1. The zero-order valence-electron chi connectivity index (χ0n) is 9.15. The summed E-state index contributed by atoms with van der Waals surface area (Å²) in [5, 5.41) is 0. The van der Waals surface area contributed by atoms with Crippen LogP contribution in [0.4, 0.5) is 0 Å². The fraction of sp³-hybridized carbons (Fsp3) is 0.444. The van der Waals surface area contributed by atoms with Crippen LogP contribution in [0.15, 0.2) is 0 Å². The first-order chi connectivity index (χ1) is 7.56. The van der Waals surface area contributed by atoms with Gasteiger partial charge in [0.05, 0.1) is 0 Å². The normalized spacial score (nSPS) is 11.2. The maximum atomic E-state index is 5.50. The van der Waals surface area contributed by atoms with E-state index in [-0.39, 0.29) is 0 Å². The zero-order chi connectivity index (χ0) is 11.9. The first kappa shape index (κ1) is 11.4. The Morgan fingerprint density at radius 1 is 1.31 bits per heavy atom. The number of fused-ring (bicyclic) bond motifs is 1. The Bertz CT molecular complexity index is 648. The van der Waals surface area contributed by atoms with Gasteiger partial charge in [0.15, 0.2) is 10.4 Å². The molecule has 86 valence electrons. The van der Waals surface area contributed by atoms with Crippen LogP contribution < -0.4 is 5.73 Å². The minimum Gasteiger partial charge on any atom is -0.338 e. The van der Waals surface area contributed by atoms with E-state index in [9.17, 15) is 0 Å². The van der Waals surface area contributed by atoms with Crippen LogP contribution in [0.1, 0.15) is 5.82 Å². The Balaban J connectivity index is 2.87. The van der Waals surface area contributed by atoms with Crippen molar-refractivity contribution >= 4 is 35.6 Å². The summed E-state index contributed by atoms with van der Waals surface area (Å²) in [5.74, 6) is 0.847. The average molecular weight is 255 g/mol. The number of nitrogens with one attached hydrogen (secondary N) is 1. The molecular weight excluding hydrogens is 242 g/mol. The van der Waals surface area contributed by atoms with Crippen molar-refractivity contribution in [2.45, 2.75) is 6.42 Å². The molecule has 0 aromatic carbocycles. The van der Waals surface area contributed by atoms with E-state index >= 15 is 0 Å². The SMILES string of the molecule is Cn1c(=S)c2[nH]c(CCN)nc2n(C)c1=S. The van der Waals surface area contributed by atoms with E-state index in [0.29, 0.717) is 22.4 Å². The molecule has 7 heteroatoms. The predicted molar refractivity (Wildman–Crippen MR) is 68.5 cm³/mol. The van der Waals surface area contributed by atoms with Crippen LogP contribution in [0, 0.1) is 9.41 Å². The van der Waals surface area contributed by atoms with E-state index in [4.69, 9.17) is 30.2 Å². The van der Waals surface area contributed by atoms with Gasteiger partial charge in [0, 0.05) is 20.5 Å². The number of aromatic nitrogens is 4. The number of aromatic amines is 1. The number of nitrogens with two attached hydrogens (primary N) is 1. The second-order valence-corrected chi connectivity index (χ2v) is 4.38. The van der Waals surface area contributed by atoms with Crippen LogP contribution in [0.5, 0.6) is 0 Å². The average Bonchev–Trinajstić information content (AvgIpc) is 2.68. The Labute approximate surface area is 103 Å². The number of aryl methyl sites for hydroxylation is 1. The molecule has 0 amide bonds. The summed E-state index contributed by atoms with van der Waals surface area (Å²) in [4.78, 5) is 7.64. The maximum absolute atomic E-state index is 5.50. The van der Waals surface area contributed by atoms with Gasteiger partial charge in [-0.3, -0.25) is 0 Å². The Morgan fingerprint density at radius 2 is 2.00 bits per heavy atom. The van der Waals surface area contributed by atoms with Crippen LogP contribution in [-0.2, 0) is 20.5 Å². The maximum Gasteiger partial charge on any atom is 0.182 e. The summed E-state index contributed by atoms with van der Waals surface area (Å²) < 4.78 is 4.96. The molecule has 3 N–H and O–H groups in total. The van der Waals surface area contributed by atoms with Crippen molar-refractivity contribution in [1.29, 1.82) is 0 Å². The highest BCUT2D eigenvalue weighted by Crippen LogP contribution is 2.13. The summed E-state index contributed by atoms with van der Waals surface area (Å²) >= 11 is 10.6. The van der Waals surface area contributed by atoms with Crippen LogP contribution in [-0.4, -0.2) is 25.6 Å². The molecule has 0 radical (unpaired) electrons. The molecule has 0 bridgehead atoms. The largest absolute Gasteiger partial charge is 0.338 e. The second-order valence-electron chi connectivity index (χ2n) is 3.63. The van der Waals surface area contributed by atoms with Gasteiger partial charge in [-0.2, -0.15) is 0 Å². The number of rotatable bonds is 2. The highest BCUT2D eigenvalue weighted by atomic mass is 32.1. The molecule has 16 heavy (non-hydrogen) atoms. The van der Waals surface area contributed by atoms with Gasteiger partial charge in [-0.05, 0) is 18.8 Å². The summed E-state index contributed by atoms with van der Waals surface area (Å²) in [7, 11) is 3.74. The molecule has 0 aliphatic carbocycles. The van der Waals surface area contributed by atoms with Crippen LogP contribution in [0.25, 0.3) is 11.2 Å². The molecular formula is C9H13N5S2. The number of hydrogen-bond acceptors (Lipinski definition) is 4. The van der Waals surface area contributed by atoms with E-state index in [1.807, 2.05) is 18.7 Å². The van der Waals surface area contributed by atoms with Gasteiger partial charge < -0.3 is 19.9 Å². The molecule has 2 heterocycles. The summed E-state index contributed by atoms with van der Waals surface area (Å²) in [6, 6.07) is 0. The van der Waals surface area contributed by atoms with Crippen molar-refractivity contribution in [3.05, 3.63) is 15.2 Å². The minimum atomic E-state index is 0.559. The number of imidazole rings is 1. The fourth-order valence-electron chi connectivity index (χ4n) is 1.63. The lowest BCUT2D eigenvalue weighted by molar-refractivity contribution is 0.755. The topological polar surface area (TPSA) is 64.6 Å². The molecule has 2 rings (SSSR count). The Hall–Kier alpha value is -1.05. The first-order valence-electron chi connectivity index (χ1n) is 4.91. The van der Waals surface area contributed by atoms with Crippen molar-refractivity contribution in [2.75, 3.05) is 6.54 Å². The molecule has 0 fully saturated rings. The lowest BCUT2D eigenvalue weighted by atomic mass is 10.4. The zero-order valence-corrected chi connectivity index (χ0v) is 10.8. The monoisotopic (exact) mass is 255 g/mol. The summed E-state index contributed by atoms with van der Waals surface area (Å²) in [5.41, 5.74) is 7.13. The van der Waals surface area contributed by atoms with E-state index < -0.39 is 0 Å². The first-order valence-corrected chi connectivity index (χ1v) is 5.72. The van der Waals surface area contributed by atoms with E-state index in [1.165, 1.54) is 0 Å². The molecule has 0 spiro atoms. The van der Waals surface area contributed by atoms with E-state index in [0.717, 1.165) is 17.0 Å². The van der Waals surface area contributed by atoms with Crippen molar-refractivity contribution in [1.82, 2.24) is 19.1 Å². The number of hydrogen-bond donors (Lipinski definition) is 2. The second kappa shape index (κ2) is 4.08. The van der Waals surface area contributed by atoms with Crippen molar-refractivity contribution in [2.24, 2.45) is 19.8 Å². The van der Waals surface area contributed by atoms with E-state index in [2.05, 4.69) is 9.97 Å². The molecule has 0 atom stereocenters. The predicted octanol–water partition coefficient (Wildman–Crippen LogP) is 1.20. The van der Waals surface area contributed by atoms with Gasteiger partial charge in [-0.15, -0.1) is 0 Å². The van der Waals surface area contributed by atoms with Crippen LogP contribution in [0.3, 0.4) is 0 Å². The van der Waals surface area contributed by atoms with Gasteiger partial charge in [-0.1, -0.05) is 12.2 Å². The molecule has 0 aliphatic heterocycles. The highest BCUT2D eigenvalue weighted by Gasteiger charge is 2.08. The quantitative estimate of drug-likeness (QED) is 0.792. The fourth-order valence-corrected chi connectivity index (χ4v) is 2.09. The van der Waals surface area contributed by atoms with Crippen LogP contribution in [0.2, 0.25) is 0 Å². The smallest absolute Gasteiger partial charge is 0.182 e. The van der Waals surface area contributed by atoms with E-state index in [1.54, 1.807) is 4.57 Å².